The summed E-state index contributed by atoms with van der Waals surface area (Å²) in [6.45, 7) is 12.1. The van der Waals surface area contributed by atoms with Gasteiger partial charge in [-0.3, -0.25) is 0 Å². The lowest BCUT2D eigenvalue weighted by Gasteiger charge is -2.27. The predicted molar refractivity (Wildman–Crippen MR) is 119 cm³/mol. The number of pyridine rings is 1. The molecule has 0 aliphatic rings. The highest BCUT2D eigenvalue weighted by molar-refractivity contribution is 5.74. The molecule has 0 saturated carbocycles. The van der Waals surface area contributed by atoms with Crippen LogP contribution in [0.25, 0.3) is 22.5 Å². The number of nitrogens with zero attached hydrogens (tertiary/aromatic N) is 1. The Morgan fingerprint density at radius 1 is 0.719 bits per heavy atom. The van der Waals surface area contributed by atoms with Crippen LogP contribution < -0.4 is 0 Å². The van der Waals surface area contributed by atoms with Crippen LogP contribution >= 0.6 is 0 Å². The van der Waals surface area contributed by atoms with Gasteiger partial charge in [0.05, 0.1) is 17.0 Å². The average Bonchev–Trinajstić information content (AvgIpc) is 2.66. The van der Waals surface area contributed by atoms with Crippen LogP contribution in [0.15, 0.2) is 48.5 Å². The molecule has 0 saturated heterocycles. The molecule has 0 amide bonds. The van der Waals surface area contributed by atoms with E-state index in [1.807, 2.05) is 32.9 Å². The zero-order valence-corrected chi connectivity index (χ0v) is 19.0. The zero-order chi connectivity index (χ0) is 24.1. The lowest BCUT2D eigenvalue weighted by Crippen LogP contribution is -2.17. The summed E-state index contributed by atoms with van der Waals surface area (Å²) in [5.74, 6) is -0.745. The fourth-order valence-corrected chi connectivity index (χ4v) is 3.47. The molecule has 0 unspecified atom stereocenters. The highest BCUT2D eigenvalue weighted by Crippen LogP contribution is 2.42. The van der Waals surface area contributed by atoms with Gasteiger partial charge in [-0.2, -0.15) is 13.2 Å². The number of phenolic OH excluding ortho intramolecular Hbond substituents is 1. The smallest absolute Gasteiger partial charge is 0.416 e. The summed E-state index contributed by atoms with van der Waals surface area (Å²) >= 11 is 0. The Labute approximate surface area is 186 Å². The first-order chi connectivity index (χ1) is 14.6. The number of halogens is 4. The molecular weight excluding hydrogens is 418 g/mol. The van der Waals surface area contributed by atoms with E-state index in [4.69, 9.17) is 0 Å². The van der Waals surface area contributed by atoms with Gasteiger partial charge in [0, 0.05) is 16.7 Å². The Bertz CT molecular complexity index is 1150. The summed E-state index contributed by atoms with van der Waals surface area (Å²) in [4.78, 5) is 4.44. The van der Waals surface area contributed by atoms with Crippen molar-refractivity contribution in [3.8, 4) is 28.3 Å². The minimum Gasteiger partial charge on any atom is -0.507 e. The molecule has 0 fully saturated rings. The van der Waals surface area contributed by atoms with Gasteiger partial charge in [0.15, 0.2) is 0 Å². The quantitative estimate of drug-likeness (QED) is 0.407. The number of hydrogen-bond acceptors (Lipinski definition) is 2. The number of aromatic hydroxyl groups is 1. The van der Waals surface area contributed by atoms with E-state index in [2.05, 4.69) is 25.8 Å². The van der Waals surface area contributed by atoms with E-state index in [-0.39, 0.29) is 27.8 Å². The summed E-state index contributed by atoms with van der Waals surface area (Å²) < 4.78 is 53.9. The van der Waals surface area contributed by atoms with Crippen LogP contribution in [-0.2, 0) is 17.0 Å². The first kappa shape index (κ1) is 23.8. The molecule has 3 rings (SSSR count). The Hall–Kier alpha value is -2.89. The number of phenols is 1. The molecule has 0 aliphatic heterocycles. The molecule has 0 aliphatic carbocycles. The fraction of sp³-hybridized carbons (Fsp3) is 0.346. The van der Waals surface area contributed by atoms with E-state index >= 15 is 0 Å². The van der Waals surface area contributed by atoms with Gasteiger partial charge in [-0.25, -0.2) is 9.37 Å². The molecule has 2 nitrogen and oxygen atoms in total. The van der Waals surface area contributed by atoms with E-state index in [9.17, 15) is 22.7 Å². The van der Waals surface area contributed by atoms with E-state index in [0.717, 1.165) is 23.3 Å². The molecule has 0 spiro atoms. The second kappa shape index (κ2) is 7.91. The minimum absolute atomic E-state index is 0.0552. The molecule has 6 heteroatoms. The third kappa shape index (κ3) is 4.79. The van der Waals surface area contributed by atoms with E-state index in [1.165, 1.54) is 6.07 Å². The van der Waals surface area contributed by atoms with Crippen molar-refractivity contribution in [2.45, 2.75) is 58.5 Å². The molecule has 0 bridgehead atoms. The molecule has 2 aromatic carbocycles. The van der Waals surface area contributed by atoms with Gasteiger partial charge in [0.25, 0.3) is 0 Å². The van der Waals surface area contributed by atoms with Gasteiger partial charge in [0.1, 0.15) is 11.6 Å². The van der Waals surface area contributed by atoms with Gasteiger partial charge in [-0.1, -0.05) is 53.7 Å². The number of aromatic nitrogens is 1. The van der Waals surface area contributed by atoms with Crippen molar-refractivity contribution in [3.63, 3.8) is 0 Å². The summed E-state index contributed by atoms with van der Waals surface area (Å²) in [5, 5.41) is 11.1. The lowest BCUT2D eigenvalue weighted by molar-refractivity contribution is -0.137. The topological polar surface area (TPSA) is 33.1 Å². The number of alkyl halides is 3. The van der Waals surface area contributed by atoms with E-state index < -0.39 is 17.6 Å². The van der Waals surface area contributed by atoms with Crippen LogP contribution in [0.1, 0.15) is 58.2 Å². The van der Waals surface area contributed by atoms with Gasteiger partial charge < -0.3 is 5.11 Å². The van der Waals surface area contributed by atoms with Crippen LogP contribution in [0.4, 0.5) is 17.6 Å². The van der Waals surface area contributed by atoms with Crippen LogP contribution in [0.3, 0.4) is 0 Å². The molecule has 170 valence electrons. The maximum absolute atomic E-state index is 14.4. The Balaban J connectivity index is 2.24. The van der Waals surface area contributed by atoms with Crippen molar-refractivity contribution < 1.29 is 22.7 Å². The van der Waals surface area contributed by atoms with Gasteiger partial charge in [-0.15, -0.1) is 0 Å². The van der Waals surface area contributed by atoms with Crippen LogP contribution in [-0.4, -0.2) is 10.1 Å². The zero-order valence-electron chi connectivity index (χ0n) is 19.0. The van der Waals surface area contributed by atoms with Crippen molar-refractivity contribution in [2.75, 3.05) is 0 Å². The van der Waals surface area contributed by atoms with Gasteiger partial charge in [-0.05, 0) is 52.8 Å². The van der Waals surface area contributed by atoms with Crippen molar-refractivity contribution in [1.82, 2.24) is 4.98 Å². The van der Waals surface area contributed by atoms with Crippen molar-refractivity contribution >= 4 is 0 Å². The lowest BCUT2D eigenvalue weighted by atomic mass is 9.78. The van der Waals surface area contributed by atoms with Crippen molar-refractivity contribution in [3.05, 3.63) is 71.0 Å². The molecule has 0 radical (unpaired) electrons. The van der Waals surface area contributed by atoms with E-state index in [0.29, 0.717) is 17.3 Å². The van der Waals surface area contributed by atoms with Gasteiger partial charge in [0.2, 0.25) is 0 Å². The molecule has 1 aromatic heterocycles. The molecule has 1 N–H and O–H groups in total. The summed E-state index contributed by atoms with van der Waals surface area (Å²) in [5.41, 5.74) is 0.815. The van der Waals surface area contributed by atoms with Gasteiger partial charge >= 0.3 is 6.18 Å². The molecule has 1 heterocycles. The second-order valence-electron chi connectivity index (χ2n) is 10.0. The van der Waals surface area contributed by atoms with Crippen molar-refractivity contribution in [1.29, 1.82) is 0 Å². The van der Waals surface area contributed by atoms with Crippen molar-refractivity contribution in [2.24, 2.45) is 0 Å². The fourth-order valence-electron chi connectivity index (χ4n) is 3.47. The molecular formula is C26H27F4NO. The standard InChI is InChI=1S/C26H27F4NO/c1-24(2,3)16-13-18(23(32)19(14-16)25(4,5)6)22-9-7-8-21(31-22)17-12-15(26(28,29)30)10-11-20(17)27/h7-14,32H,1-6H3. The summed E-state index contributed by atoms with van der Waals surface area (Å²) in [6.07, 6.45) is -4.60. The Morgan fingerprint density at radius 3 is 1.81 bits per heavy atom. The summed E-state index contributed by atoms with van der Waals surface area (Å²) in [6, 6.07) is 10.8. The first-order valence-corrected chi connectivity index (χ1v) is 10.3. The Kier molecular flexibility index (Phi) is 5.87. The molecule has 32 heavy (non-hydrogen) atoms. The highest BCUT2D eigenvalue weighted by Gasteiger charge is 2.31. The van der Waals surface area contributed by atoms with Crippen LogP contribution in [0.5, 0.6) is 5.75 Å². The Morgan fingerprint density at radius 2 is 1.28 bits per heavy atom. The number of benzene rings is 2. The largest absolute Gasteiger partial charge is 0.507 e. The van der Waals surface area contributed by atoms with Crippen LogP contribution in [0.2, 0.25) is 0 Å². The third-order valence-corrected chi connectivity index (χ3v) is 5.38. The predicted octanol–water partition coefficient (Wildman–Crippen LogP) is 7.87. The maximum Gasteiger partial charge on any atom is 0.416 e. The number of hydrogen-bond donors (Lipinski definition) is 1. The summed E-state index contributed by atoms with van der Waals surface area (Å²) in [7, 11) is 0. The highest BCUT2D eigenvalue weighted by atomic mass is 19.4. The second-order valence-corrected chi connectivity index (χ2v) is 10.0. The molecule has 0 atom stereocenters. The maximum atomic E-state index is 14.4. The SMILES string of the molecule is CC(C)(C)c1cc(-c2cccc(-c3cc(C(F)(F)F)ccc3F)n2)c(O)c(C(C)(C)C)c1. The average molecular weight is 446 g/mol. The molecule has 3 aromatic rings. The monoisotopic (exact) mass is 445 g/mol. The third-order valence-electron chi connectivity index (χ3n) is 5.38. The van der Waals surface area contributed by atoms with Crippen LogP contribution in [0, 0.1) is 5.82 Å². The minimum atomic E-state index is -4.60. The first-order valence-electron chi connectivity index (χ1n) is 10.3. The van der Waals surface area contributed by atoms with E-state index in [1.54, 1.807) is 12.1 Å². The normalized spacial score (nSPS) is 12.8. The number of rotatable bonds is 2.